The number of carboxylic acid groups (broad SMARTS) is 1. The lowest BCUT2D eigenvalue weighted by Crippen LogP contribution is -2.69. The molecule has 14 N–H and O–H groups in total. The zero-order valence-electron chi connectivity index (χ0n) is 27.3. The van der Waals surface area contributed by atoms with Crippen LogP contribution in [-0.4, -0.2) is 199 Å². The maximum Gasteiger partial charge on any atom is 0.364 e. The van der Waals surface area contributed by atoms with Crippen LogP contribution in [0.2, 0.25) is 0 Å². The normalized spacial score (nSPS) is 39.6. The second kappa shape index (κ2) is 19.7. The van der Waals surface area contributed by atoms with Crippen molar-refractivity contribution in [3.05, 3.63) is 0 Å². The molecule has 7 unspecified atom stereocenters. The van der Waals surface area contributed by atoms with Crippen molar-refractivity contribution in [1.29, 1.82) is 0 Å². The van der Waals surface area contributed by atoms with Crippen LogP contribution in [0.15, 0.2) is 0 Å². The van der Waals surface area contributed by atoms with Crippen LogP contribution in [0.4, 0.5) is 0 Å². The van der Waals surface area contributed by atoms with Gasteiger partial charge in [-0.2, -0.15) is 0 Å². The van der Waals surface area contributed by atoms with Crippen LogP contribution in [-0.2, 0) is 42.8 Å². The monoisotopic (exact) mass is 747 g/mol. The van der Waals surface area contributed by atoms with Crippen LogP contribution in [0.5, 0.6) is 0 Å². The number of aliphatic carboxylic acids is 1. The minimum absolute atomic E-state index is 0. The number of carbonyl (C=O) groups excluding carboxylic acids is 2. The van der Waals surface area contributed by atoms with E-state index in [9.17, 15) is 65.4 Å². The van der Waals surface area contributed by atoms with Crippen molar-refractivity contribution in [3.8, 4) is 0 Å². The molecule has 22 nitrogen and oxygen atoms in total. The van der Waals surface area contributed by atoms with E-state index in [1.54, 1.807) is 0 Å². The first-order valence-corrected chi connectivity index (χ1v) is 15.9. The Labute approximate surface area is 292 Å². The maximum absolute atomic E-state index is 12.5. The van der Waals surface area contributed by atoms with Crippen LogP contribution in [0.1, 0.15) is 34.1 Å². The van der Waals surface area contributed by atoms with Crippen molar-refractivity contribution in [3.63, 3.8) is 0 Å². The van der Waals surface area contributed by atoms with Crippen molar-refractivity contribution >= 4 is 17.8 Å². The van der Waals surface area contributed by atoms with E-state index in [-0.39, 0.29) is 20.6 Å². The average Bonchev–Trinajstić information content (AvgIpc) is 3.06. The quantitative estimate of drug-likeness (QED) is 0.0652. The molecule has 0 saturated carbocycles. The summed E-state index contributed by atoms with van der Waals surface area (Å²) in [6.45, 7) is -0.200. The molecular formula is C29H53N3O19. The van der Waals surface area contributed by atoms with Gasteiger partial charge in [0.2, 0.25) is 11.8 Å². The molecule has 0 aromatic heterocycles. The van der Waals surface area contributed by atoms with Gasteiger partial charge in [0.15, 0.2) is 12.6 Å². The predicted molar refractivity (Wildman–Crippen MR) is 166 cm³/mol. The Balaban J connectivity index is 0.00000901. The molecule has 0 aromatic carbocycles. The van der Waals surface area contributed by atoms with Gasteiger partial charge < -0.3 is 95.9 Å². The Bertz CT molecular complexity index is 1120. The number of carboxylic acids is 1. The molecule has 3 fully saturated rings. The van der Waals surface area contributed by atoms with Crippen LogP contribution in [0.25, 0.3) is 0 Å². The van der Waals surface area contributed by atoms with Crippen molar-refractivity contribution in [2.24, 2.45) is 5.73 Å². The molecule has 3 heterocycles. The summed E-state index contributed by atoms with van der Waals surface area (Å²) in [7, 11) is 0. The fourth-order valence-corrected chi connectivity index (χ4v) is 5.86. The van der Waals surface area contributed by atoms with Gasteiger partial charge in [-0.3, -0.25) is 9.59 Å². The van der Waals surface area contributed by atoms with Gasteiger partial charge in [0.05, 0.1) is 38.6 Å². The first-order valence-electron chi connectivity index (χ1n) is 15.9. The zero-order chi connectivity index (χ0) is 37.5. The number of amides is 2. The molecule has 0 aromatic rings. The standard InChI is InChI=1S/C28H49N3O19.CH4/c1-10(34)30-16-12(36)6-28(27(43)44,50-24(16)18(38)13(37)7-32)46-9-15-19(39)21(41)22(42)26(48-15)49-23-14(8-33)47-25(45-5-3-4-29)17(20(23)40)31-11(2)35;/h12-26,32-33,36-42H,3-9,29H2,1-2H3,(H,30,34)(H,31,35)(H,43,44);1H4/t12-,13?,14?,15?,16-,17+,18?,19+,20?,21?,22+,23-,24?,25-,26+,28-;/m1./s1. The van der Waals surface area contributed by atoms with Crippen LogP contribution >= 0.6 is 0 Å². The predicted octanol–water partition coefficient (Wildman–Crippen LogP) is -7.07. The number of rotatable bonds is 16. The summed E-state index contributed by atoms with van der Waals surface area (Å²) < 4.78 is 33.7. The highest BCUT2D eigenvalue weighted by Gasteiger charge is 2.57. The highest BCUT2D eigenvalue weighted by atomic mass is 16.8. The number of aliphatic hydroxyl groups excluding tert-OH is 9. The van der Waals surface area contributed by atoms with Gasteiger partial charge >= 0.3 is 5.97 Å². The van der Waals surface area contributed by atoms with Gasteiger partial charge in [-0.1, -0.05) is 7.43 Å². The molecule has 2 amide bonds. The summed E-state index contributed by atoms with van der Waals surface area (Å²) in [5, 5.41) is 109. The van der Waals surface area contributed by atoms with Gasteiger partial charge in [0, 0.05) is 20.3 Å². The van der Waals surface area contributed by atoms with Crippen LogP contribution in [0, 0.1) is 0 Å². The lowest BCUT2D eigenvalue weighted by atomic mass is 9.88. The highest BCUT2D eigenvalue weighted by molar-refractivity contribution is 5.76. The number of hydrogen-bond donors (Lipinski definition) is 13. The number of hydrogen-bond acceptors (Lipinski definition) is 19. The van der Waals surface area contributed by atoms with E-state index < -0.39 is 142 Å². The maximum atomic E-state index is 12.5. The third-order valence-electron chi connectivity index (χ3n) is 8.48. The molecule has 0 bridgehead atoms. The number of ether oxygens (including phenoxy) is 6. The van der Waals surface area contributed by atoms with Gasteiger partial charge in [0.1, 0.15) is 67.1 Å². The topological polar surface area (TPSA) is 359 Å². The van der Waals surface area contributed by atoms with E-state index in [1.807, 2.05) is 0 Å². The Morgan fingerprint density at radius 1 is 0.902 bits per heavy atom. The van der Waals surface area contributed by atoms with E-state index in [1.165, 1.54) is 0 Å². The second-order valence-electron chi connectivity index (χ2n) is 12.3. The smallest absolute Gasteiger partial charge is 0.364 e. The van der Waals surface area contributed by atoms with Crippen molar-refractivity contribution in [1.82, 2.24) is 10.6 Å². The molecule has 3 aliphatic heterocycles. The zero-order valence-corrected chi connectivity index (χ0v) is 27.3. The second-order valence-corrected chi connectivity index (χ2v) is 12.3. The summed E-state index contributed by atoms with van der Waals surface area (Å²) in [4.78, 5) is 36.2. The van der Waals surface area contributed by atoms with E-state index >= 15 is 0 Å². The molecule has 3 aliphatic rings. The van der Waals surface area contributed by atoms with Crippen molar-refractivity contribution in [2.45, 2.75) is 132 Å². The molecular weight excluding hydrogens is 694 g/mol. The summed E-state index contributed by atoms with van der Waals surface area (Å²) in [6, 6.07) is -2.76. The molecule has 3 rings (SSSR count). The van der Waals surface area contributed by atoms with E-state index in [0.717, 1.165) is 13.8 Å². The third kappa shape index (κ3) is 10.7. The Hall–Kier alpha value is -2.23. The van der Waals surface area contributed by atoms with E-state index in [4.69, 9.17) is 34.2 Å². The summed E-state index contributed by atoms with van der Waals surface area (Å²) in [5.41, 5.74) is 5.49. The minimum atomic E-state index is -2.84. The fraction of sp³-hybridized carbons (Fsp3) is 0.897. The molecule has 0 spiro atoms. The SMILES string of the molecule is C.CC(=O)N[C@H]1C(O)[C@H](O[C@@H]2OC(CO[C@]3(C(=O)O)C[C@@H](O)[C@@H](NC(C)=O)C(C(O)C(O)CO)O3)[C@H](O)C(O)[C@@H]2O)C(CO)O[C@H]1OCCCN. The number of aliphatic hydroxyl groups is 9. The minimum Gasteiger partial charge on any atom is -0.477 e. The lowest BCUT2D eigenvalue weighted by molar-refractivity contribution is -0.360. The van der Waals surface area contributed by atoms with Gasteiger partial charge in [-0.05, 0) is 13.0 Å². The largest absolute Gasteiger partial charge is 0.477 e. The molecule has 298 valence electrons. The summed E-state index contributed by atoms with van der Waals surface area (Å²) >= 11 is 0. The highest BCUT2D eigenvalue weighted by Crippen LogP contribution is 2.35. The van der Waals surface area contributed by atoms with E-state index in [0.29, 0.717) is 6.42 Å². The van der Waals surface area contributed by atoms with Crippen molar-refractivity contribution in [2.75, 3.05) is 33.0 Å². The van der Waals surface area contributed by atoms with Gasteiger partial charge in [0.25, 0.3) is 5.79 Å². The lowest BCUT2D eigenvalue weighted by Gasteiger charge is -2.48. The average molecular weight is 748 g/mol. The first kappa shape index (κ1) is 44.9. The molecule has 3 saturated heterocycles. The number of nitrogens with two attached hydrogens (primary N) is 1. The first-order chi connectivity index (χ1) is 23.5. The Kier molecular flexibility index (Phi) is 17.4. The summed E-state index contributed by atoms with van der Waals surface area (Å²) in [6.07, 6.45) is -23.6. The molecule has 16 atom stereocenters. The van der Waals surface area contributed by atoms with Gasteiger partial charge in [-0.25, -0.2) is 4.79 Å². The summed E-state index contributed by atoms with van der Waals surface area (Å²) in [5.74, 6) is -6.02. The Morgan fingerprint density at radius 2 is 1.51 bits per heavy atom. The van der Waals surface area contributed by atoms with E-state index in [2.05, 4.69) is 10.6 Å². The third-order valence-corrected chi connectivity index (χ3v) is 8.48. The van der Waals surface area contributed by atoms with Crippen LogP contribution in [0.3, 0.4) is 0 Å². The molecule has 0 radical (unpaired) electrons. The molecule has 22 heteroatoms. The van der Waals surface area contributed by atoms with Crippen LogP contribution < -0.4 is 16.4 Å². The van der Waals surface area contributed by atoms with Gasteiger partial charge in [-0.15, -0.1) is 0 Å². The molecule has 51 heavy (non-hydrogen) atoms. The number of nitrogens with one attached hydrogen (secondary N) is 2. The Morgan fingerprint density at radius 3 is 2.06 bits per heavy atom. The number of carbonyl (C=O) groups is 3. The fourth-order valence-electron chi connectivity index (χ4n) is 5.86. The van der Waals surface area contributed by atoms with Crippen molar-refractivity contribution < 1.29 is 93.9 Å². The molecule has 0 aliphatic carbocycles.